The predicted octanol–water partition coefficient (Wildman–Crippen LogP) is 6.26. The molecule has 0 amide bonds. The van der Waals surface area contributed by atoms with Crippen LogP contribution in [0.2, 0.25) is 13.9 Å². The fourth-order valence-electron chi connectivity index (χ4n) is 5.78. The fraction of sp³-hybridized carbons (Fsp3) is 0.515. The average Bonchev–Trinajstić information content (AvgIpc) is 3.57. The van der Waals surface area contributed by atoms with Gasteiger partial charge in [-0.2, -0.15) is 0 Å². The van der Waals surface area contributed by atoms with Gasteiger partial charge in [-0.3, -0.25) is 0 Å². The van der Waals surface area contributed by atoms with Gasteiger partial charge >= 0.3 is 126 Å². The number of hydrogen-bond donors (Lipinski definition) is 0. The molecule has 0 saturated heterocycles. The third-order valence-electron chi connectivity index (χ3n) is 9.12. The van der Waals surface area contributed by atoms with Gasteiger partial charge in [-0.1, -0.05) is 38.8 Å². The molecule has 4 aliphatic carbocycles. The van der Waals surface area contributed by atoms with E-state index in [9.17, 15) is 0 Å². The zero-order chi connectivity index (χ0) is 28.5. The van der Waals surface area contributed by atoms with E-state index >= 15 is 0 Å². The van der Waals surface area contributed by atoms with Crippen molar-refractivity contribution in [1.29, 1.82) is 0 Å². The van der Waals surface area contributed by atoms with Crippen molar-refractivity contribution >= 4 is 17.0 Å². The van der Waals surface area contributed by atoms with Crippen LogP contribution in [0.4, 0.5) is 0 Å². The molecule has 4 aliphatic rings. The molecule has 0 radical (unpaired) electrons. The Labute approximate surface area is 272 Å². The van der Waals surface area contributed by atoms with Crippen LogP contribution in [0.5, 0.6) is 0 Å². The van der Waals surface area contributed by atoms with E-state index in [1.807, 2.05) is 12.2 Å². The molecule has 0 saturated carbocycles. The molecule has 39 heavy (non-hydrogen) atoms. The van der Waals surface area contributed by atoms with Crippen molar-refractivity contribution < 1.29 is 64.4 Å². The average molecular weight is 770 g/mol. The second-order valence-corrected chi connectivity index (χ2v) is 34.0. The molecule has 0 nitrogen and oxygen atoms in total. The van der Waals surface area contributed by atoms with Crippen LogP contribution in [-0.4, -0.2) is 0 Å². The molecule has 0 N–H and O–H groups in total. The van der Waals surface area contributed by atoms with Gasteiger partial charge in [-0.25, -0.2) is 0 Å². The summed E-state index contributed by atoms with van der Waals surface area (Å²) >= 11 is -3.56. The van der Waals surface area contributed by atoms with Gasteiger partial charge in [0.2, 0.25) is 0 Å². The molecule has 0 heterocycles. The first-order chi connectivity index (χ1) is 16.9. The molecule has 6 heteroatoms. The molecule has 4 rings (SSSR count). The molecule has 0 unspecified atom stereocenters. The van der Waals surface area contributed by atoms with E-state index in [1.165, 1.54) is 43.1 Å². The van der Waals surface area contributed by atoms with Crippen molar-refractivity contribution in [3.63, 3.8) is 0 Å². The normalized spacial score (nSPS) is 20.3. The van der Waals surface area contributed by atoms with E-state index in [0.29, 0.717) is 0 Å². The molecular formula is C33H49Cl4Zr2. The molecular weight excluding hydrogens is 721 g/mol. The summed E-state index contributed by atoms with van der Waals surface area (Å²) in [6.07, 6.45) is 15.2. The SMILES string of the molecule is CC1=C(C)C(C)(C)C(C2=C(C)C(C)=C(C)C2(C)C)=C1C.[CH3][Zr+2]([CH3])([CH3])[C]1=CC=CC1.[Cl-].[Cl-].[Cl][Zr]([Cl])[C]1=CC=CC1. The second kappa shape index (κ2) is 15.5. The van der Waals surface area contributed by atoms with Crippen molar-refractivity contribution in [2.75, 3.05) is 0 Å². The van der Waals surface area contributed by atoms with Gasteiger partial charge in [-0.05, 0) is 75.0 Å². The van der Waals surface area contributed by atoms with Gasteiger partial charge in [-0.15, -0.1) is 0 Å². The topological polar surface area (TPSA) is 0 Å². The molecule has 0 atom stereocenters. The van der Waals surface area contributed by atoms with Crippen LogP contribution in [0.25, 0.3) is 0 Å². The Balaban J connectivity index is 0.000000632. The quantitative estimate of drug-likeness (QED) is 0.318. The third kappa shape index (κ3) is 8.93. The van der Waals surface area contributed by atoms with Crippen LogP contribution in [0.3, 0.4) is 0 Å². The summed E-state index contributed by atoms with van der Waals surface area (Å²) in [4.78, 5) is 0. The van der Waals surface area contributed by atoms with Crippen molar-refractivity contribution in [3.05, 3.63) is 87.6 Å². The third-order valence-corrected chi connectivity index (χ3v) is 19.7. The zero-order valence-corrected chi connectivity index (χ0v) is 34.3. The first-order valence-corrected chi connectivity index (χ1v) is 29.7. The van der Waals surface area contributed by atoms with Crippen LogP contribution in [-0.2, 0) is 39.6 Å². The number of hydrogen-bond acceptors (Lipinski definition) is 0. The maximum absolute atomic E-state index is 5.74. The van der Waals surface area contributed by atoms with E-state index in [-0.39, 0.29) is 35.6 Å². The number of halogens is 4. The zero-order valence-electron chi connectivity index (χ0n) is 26.4. The van der Waals surface area contributed by atoms with E-state index in [1.54, 1.807) is 14.4 Å². The summed E-state index contributed by atoms with van der Waals surface area (Å²) in [5.74, 6) is 0. The Bertz CT molecular complexity index is 1120. The van der Waals surface area contributed by atoms with Crippen molar-refractivity contribution in [2.45, 2.75) is 96.0 Å². The Kier molecular flexibility index (Phi) is 15.9. The summed E-state index contributed by atoms with van der Waals surface area (Å²) in [6.45, 7) is 23.3. The van der Waals surface area contributed by atoms with E-state index in [2.05, 4.69) is 107 Å². The van der Waals surface area contributed by atoms with Crippen LogP contribution < -0.4 is 24.8 Å². The van der Waals surface area contributed by atoms with Crippen molar-refractivity contribution in [1.82, 2.24) is 0 Å². The van der Waals surface area contributed by atoms with Gasteiger partial charge in [0, 0.05) is 10.8 Å². The van der Waals surface area contributed by atoms with E-state index in [4.69, 9.17) is 17.0 Å². The number of allylic oxidation sites excluding steroid dienone is 16. The van der Waals surface area contributed by atoms with Gasteiger partial charge < -0.3 is 24.8 Å². The van der Waals surface area contributed by atoms with Gasteiger partial charge in [0.25, 0.3) is 0 Å². The predicted molar refractivity (Wildman–Crippen MR) is 163 cm³/mol. The Morgan fingerprint density at radius 2 is 1.03 bits per heavy atom. The summed E-state index contributed by atoms with van der Waals surface area (Å²) in [5.41, 5.74) is 12.5. The van der Waals surface area contributed by atoms with Crippen LogP contribution in [0, 0.1) is 10.8 Å². The van der Waals surface area contributed by atoms with Gasteiger partial charge in [0.1, 0.15) is 0 Å². The Hall–Kier alpha value is 0.846. The molecule has 0 aromatic rings. The summed E-state index contributed by atoms with van der Waals surface area (Å²) in [5, 5.41) is 0. The summed E-state index contributed by atoms with van der Waals surface area (Å²) < 4.78 is 10.4. The summed E-state index contributed by atoms with van der Waals surface area (Å²) in [6, 6.07) is 0. The van der Waals surface area contributed by atoms with Crippen LogP contribution >= 0.6 is 17.0 Å². The monoisotopic (exact) mass is 765 g/mol. The molecule has 0 aromatic heterocycles. The maximum atomic E-state index is 5.74. The first kappa shape index (κ1) is 39.8. The van der Waals surface area contributed by atoms with E-state index in [0.717, 1.165) is 6.42 Å². The molecule has 0 aliphatic heterocycles. The minimum atomic E-state index is -1.96. The molecule has 217 valence electrons. The van der Waals surface area contributed by atoms with Crippen molar-refractivity contribution in [3.8, 4) is 0 Å². The van der Waals surface area contributed by atoms with Crippen LogP contribution in [0.1, 0.15) is 82.1 Å². The minimum absolute atomic E-state index is 0. The molecule has 0 spiro atoms. The Morgan fingerprint density at radius 1 is 0.641 bits per heavy atom. The van der Waals surface area contributed by atoms with Gasteiger partial charge in [0.05, 0.1) is 0 Å². The first-order valence-electron chi connectivity index (χ1n) is 13.6. The number of rotatable bonds is 3. The second-order valence-electron chi connectivity index (χ2n) is 12.9. The standard InChI is InChI=1S/C20H30.2C5H5.3CH3.4ClH.2Zr/c1-11-13(3)17(19(7,8)15(11)5)18-14(4)12(2)16(6)20(18,9)10;2*1-2-4-5-3-1;;;;;;;;;/h1-10H3;2*1-3H,4H2;3*1H3;4*1H;;/q;;;;;;;;;;2*+2/p-4. The fourth-order valence-corrected chi connectivity index (χ4v) is 11.9. The Morgan fingerprint density at radius 3 is 1.21 bits per heavy atom. The van der Waals surface area contributed by atoms with Crippen molar-refractivity contribution in [2.24, 2.45) is 10.8 Å². The molecule has 0 aromatic carbocycles. The van der Waals surface area contributed by atoms with E-state index < -0.39 is 39.6 Å². The van der Waals surface area contributed by atoms with Crippen LogP contribution in [0.15, 0.2) is 87.6 Å². The van der Waals surface area contributed by atoms with Gasteiger partial charge in [0.15, 0.2) is 0 Å². The molecule has 0 bridgehead atoms. The summed E-state index contributed by atoms with van der Waals surface area (Å²) in [7, 11) is 11.5. The molecule has 0 fully saturated rings.